The fraction of sp³-hybridized carbons (Fsp3) is 1.00. The first-order chi connectivity index (χ1) is 10.8. The van der Waals surface area contributed by atoms with Crippen molar-refractivity contribution in [3.63, 3.8) is 0 Å². The van der Waals surface area contributed by atoms with E-state index in [9.17, 15) is 70.2 Å². The van der Waals surface area contributed by atoms with Gasteiger partial charge in [0, 0.05) is 22.6 Å². The Hall–Kier alpha value is -0.390. The molecular formula is C9H3F16I. The van der Waals surface area contributed by atoms with Crippen molar-refractivity contribution in [2.45, 2.75) is 52.3 Å². The summed E-state index contributed by atoms with van der Waals surface area (Å²) >= 11 is -0.920. The topological polar surface area (TPSA) is 0 Å². The number of rotatable bonds is 6. The molecule has 0 heterocycles. The quantitative estimate of drug-likeness (QED) is 0.205. The molecule has 0 spiro atoms. The van der Waals surface area contributed by atoms with Crippen LogP contribution < -0.4 is 0 Å². The maximum atomic E-state index is 13.1. The van der Waals surface area contributed by atoms with Gasteiger partial charge in [0.25, 0.3) is 5.67 Å². The maximum Gasteiger partial charge on any atom is 0.428 e. The van der Waals surface area contributed by atoms with Gasteiger partial charge in [-0.25, -0.2) is 4.39 Å². The van der Waals surface area contributed by atoms with Gasteiger partial charge in [0.05, 0.1) is 0 Å². The highest BCUT2D eigenvalue weighted by atomic mass is 127. The lowest BCUT2D eigenvalue weighted by Gasteiger charge is -2.43. The molecule has 0 N–H and O–H groups in total. The summed E-state index contributed by atoms with van der Waals surface area (Å²) in [5.41, 5.74) is -6.63. The van der Waals surface area contributed by atoms with Crippen LogP contribution in [0.1, 0.15) is 6.92 Å². The van der Waals surface area contributed by atoms with Crippen LogP contribution in [0.5, 0.6) is 0 Å². The molecule has 0 aromatic heterocycles. The molecule has 0 aliphatic carbocycles. The van der Waals surface area contributed by atoms with Gasteiger partial charge in [-0.1, -0.05) is 0 Å². The maximum absolute atomic E-state index is 13.1. The summed E-state index contributed by atoms with van der Waals surface area (Å²) < 4.78 is 198. The number of hydrogen-bond donors (Lipinski definition) is 0. The second kappa shape index (κ2) is 6.05. The van der Waals surface area contributed by atoms with Gasteiger partial charge in [-0.15, -0.1) is 0 Å². The van der Waals surface area contributed by atoms with E-state index in [2.05, 4.69) is 0 Å². The molecule has 0 aromatic carbocycles. The van der Waals surface area contributed by atoms with Crippen molar-refractivity contribution < 1.29 is 70.2 Å². The van der Waals surface area contributed by atoms with Crippen LogP contribution in [0.25, 0.3) is 0 Å². The Labute approximate surface area is 146 Å². The number of hydrogen-bond acceptors (Lipinski definition) is 0. The van der Waals surface area contributed by atoms with Gasteiger partial charge in [-0.3, -0.25) is 0 Å². The van der Waals surface area contributed by atoms with Crippen molar-refractivity contribution in [1.82, 2.24) is 0 Å². The van der Waals surface area contributed by atoms with E-state index in [1.165, 1.54) is 0 Å². The summed E-state index contributed by atoms with van der Waals surface area (Å²) in [4.78, 5) is 0. The van der Waals surface area contributed by atoms with E-state index in [1.54, 1.807) is 0 Å². The van der Waals surface area contributed by atoms with Gasteiger partial charge in [0.15, 0.2) is 0 Å². The van der Waals surface area contributed by atoms with Crippen molar-refractivity contribution in [2.75, 3.05) is 0 Å². The highest BCUT2D eigenvalue weighted by Crippen LogP contribution is 2.64. The predicted molar refractivity (Wildman–Crippen MR) is 59.3 cm³/mol. The average Bonchev–Trinajstić information content (AvgIpc) is 2.34. The fourth-order valence-electron chi connectivity index (χ4n) is 1.24. The first-order valence-electron chi connectivity index (χ1n) is 5.46. The summed E-state index contributed by atoms with van der Waals surface area (Å²) in [6, 6.07) is 0. The number of halogens is 17. The minimum Gasteiger partial charge on any atom is -0.227 e. The Morgan fingerprint density at radius 2 is 0.654 bits per heavy atom. The van der Waals surface area contributed by atoms with E-state index in [0.717, 1.165) is 0 Å². The third-order valence-corrected chi connectivity index (χ3v) is 3.73. The summed E-state index contributed by atoms with van der Waals surface area (Å²) in [6.45, 7) is -1.46. The lowest BCUT2D eigenvalue weighted by Crippen LogP contribution is -2.74. The van der Waals surface area contributed by atoms with Crippen molar-refractivity contribution in [1.29, 1.82) is 0 Å². The van der Waals surface area contributed by atoms with E-state index in [-0.39, 0.29) is 0 Å². The first kappa shape index (κ1) is 25.6. The van der Waals surface area contributed by atoms with Crippen LogP contribution in [-0.2, 0) is 0 Å². The van der Waals surface area contributed by atoms with Crippen LogP contribution in [0.4, 0.5) is 70.2 Å². The zero-order valence-electron chi connectivity index (χ0n) is 11.4. The van der Waals surface area contributed by atoms with Crippen LogP contribution in [-0.4, -0.2) is 45.4 Å². The minimum atomic E-state index is -8.25. The molecule has 0 aliphatic heterocycles. The van der Waals surface area contributed by atoms with Crippen LogP contribution in [0.2, 0.25) is 0 Å². The van der Waals surface area contributed by atoms with Crippen molar-refractivity contribution >= 4 is 22.6 Å². The van der Waals surface area contributed by atoms with Crippen LogP contribution >= 0.6 is 22.6 Å². The Morgan fingerprint density at radius 1 is 0.423 bits per heavy atom. The Kier molecular flexibility index (Phi) is 5.96. The molecule has 0 nitrogen and oxygen atoms in total. The first-order valence-corrected chi connectivity index (χ1v) is 6.54. The van der Waals surface area contributed by atoms with E-state index in [4.69, 9.17) is 0 Å². The lowest BCUT2D eigenvalue weighted by molar-refractivity contribution is -0.438. The normalized spacial score (nSPS) is 18.7. The van der Waals surface area contributed by atoms with Gasteiger partial charge in [0.2, 0.25) is 0 Å². The highest BCUT2D eigenvalue weighted by molar-refractivity contribution is 14.1. The molecule has 0 bridgehead atoms. The van der Waals surface area contributed by atoms with Crippen LogP contribution in [0.15, 0.2) is 0 Å². The second-order valence-corrected chi connectivity index (χ2v) is 6.23. The molecule has 0 radical (unpaired) electrons. The number of alkyl halides is 17. The lowest BCUT2D eigenvalue weighted by atomic mass is 9.86. The van der Waals surface area contributed by atoms with E-state index < -0.39 is 74.9 Å². The third kappa shape index (κ3) is 3.08. The molecule has 1 atom stereocenters. The molecule has 0 saturated heterocycles. The highest BCUT2D eigenvalue weighted by Gasteiger charge is 2.93. The van der Waals surface area contributed by atoms with Crippen molar-refractivity contribution in [3.05, 3.63) is 0 Å². The molecule has 0 rings (SSSR count). The molecule has 0 amide bonds. The molecule has 158 valence electrons. The molecule has 0 aromatic rings. The zero-order valence-corrected chi connectivity index (χ0v) is 13.6. The summed E-state index contributed by atoms with van der Waals surface area (Å²) in [5.74, 6) is -39.7. The minimum absolute atomic E-state index is 0.920. The van der Waals surface area contributed by atoms with Gasteiger partial charge in [0.1, 0.15) is 0 Å². The van der Waals surface area contributed by atoms with Crippen molar-refractivity contribution in [2.24, 2.45) is 0 Å². The third-order valence-electron chi connectivity index (χ3n) is 3.06. The predicted octanol–water partition coefficient (Wildman–Crippen LogP) is 6.48. The smallest absolute Gasteiger partial charge is 0.227 e. The summed E-state index contributed by atoms with van der Waals surface area (Å²) in [7, 11) is 0. The Balaban J connectivity index is 6.61. The van der Waals surface area contributed by atoms with Crippen LogP contribution in [0.3, 0.4) is 0 Å². The monoisotopic (exact) mass is 542 g/mol. The molecular weight excluding hydrogens is 539 g/mol. The Morgan fingerprint density at radius 3 is 0.885 bits per heavy atom. The van der Waals surface area contributed by atoms with Gasteiger partial charge < -0.3 is 0 Å². The zero-order chi connectivity index (χ0) is 22.0. The molecule has 17 heteroatoms. The average molecular weight is 542 g/mol. The summed E-state index contributed by atoms with van der Waals surface area (Å²) in [5, 5.41) is 0. The fourth-order valence-corrected chi connectivity index (χ4v) is 1.58. The van der Waals surface area contributed by atoms with Crippen molar-refractivity contribution in [3.8, 4) is 0 Å². The molecule has 0 aliphatic rings. The molecule has 26 heavy (non-hydrogen) atoms. The van der Waals surface area contributed by atoms with Gasteiger partial charge in [-0.05, 0) is 6.92 Å². The summed E-state index contributed by atoms with van der Waals surface area (Å²) in [6.07, 6.45) is -7.07. The van der Waals surface area contributed by atoms with E-state index in [1.807, 2.05) is 0 Å². The van der Waals surface area contributed by atoms with E-state index in [0.29, 0.717) is 0 Å². The SMILES string of the molecule is CC(F)(C(F)(F)F)C(F)(F)C(F)(F)C(F)(F)C(F)(F)C(F)(F)C(F)(F)I. The van der Waals surface area contributed by atoms with Crippen LogP contribution in [0, 0.1) is 0 Å². The van der Waals surface area contributed by atoms with E-state index >= 15 is 0 Å². The van der Waals surface area contributed by atoms with Gasteiger partial charge in [-0.2, -0.15) is 65.9 Å². The second-order valence-electron chi connectivity index (χ2n) is 4.87. The largest absolute Gasteiger partial charge is 0.428 e. The Bertz CT molecular complexity index is 475. The molecule has 1 unspecified atom stereocenters. The molecule has 0 fully saturated rings. The van der Waals surface area contributed by atoms with Gasteiger partial charge >= 0.3 is 39.7 Å². The molecule has 0 saturated carbocycles. The standard InChI is InChI=1S/C9H3F16I/c1-2(10,8(21,22)23)3(11,12)4(13,14)5(15,16)6(17,18)7(19,20)9(24,25)26/h1H3.